The third-order valence-electron chi connectivity index (χ3n) is 9.50. The number of carbonyl (C=O) groups is 4. The summed E-state index contributed by atoms with van der Waals surface area (Å²) in [6.45, 7) is 3.92. The van der Waals surface area contributed by atoms with E-state index < -0.39 is 90.2 Å². The molecule has 3 aliphatic rings. The number of hydrogen-bond donors (Lipinski definition) is 4. The highest BCUT2D eigenvalue weighted by molar-refractivity contribution is 6.30. The van der Waals surface area contributed by atoms with Gasteiger partial charge in [-0.1, -0.05) is 41.9 Å². The van der Waals surface area contributed by atoms with Crippen molar-refractivity contribution in [1.82, 2.24) is 24.8 Å². The number of carbonyl (C=O) groups excluding carboxylic acids is 2. The van der Waals surface area contributed by atoms with Gasteiger partial charge in [-0.15, -0.1) is 0 Å². The monoisotopic (exact) mass is 909 g/mol. The van der Waals surface area contributed by atoms with Crippen LogP contribution in [0.15, 0.2) is 60.7 Å². The smallest absolute Gasteiger partial charge is 0.481 e. The zero-order chi connectivity index (χ0) is 46.3. The number of carboxylic acid groups (broad SMARTS) is 2. The highest BCUT2D eigenvalue weighted by atomic mass is 35.5. The second-order valence-electron chi connectivity index (χ2n) is 15.6. The number of aliphatic hydroxyl groups excluding tert-OH is 2. The largest absolute Gasteiger partial charge is 0.508 e. The van der Waals surface area contributed by atoms with E-state index in [1.165, 1.54) is 6.07 Å². The van der Waals surface area contributed by atoms with E-state index in [4.69, 9.17) is 36.4 Å². The molecule has 0 radical (unpaired) electrons. The minimum Gasteiger partial charge on any atom is -0.481 e. The molecule has 4 aromatic rings. The molecule has 22 heteroatoms. The van der Waals surface area contributed by atoms with E-state index >= 15 is 0 Å². The Bertz CT molecular complexity index is 2340. The third-order valence-corrected chi connectivity index (χ3v) is 9.77. The Labute approximate surface area is 361 Å². The van der Waals surface area contributed by atoms with E-state index in [-0.39, 0.29) is 42.3 Å². The number of para-hydroxylation sites is 4. The maximum atomic E-state index is 14.8. The van der Waals surface area contributed by atoms with Gasteiger partial charge in [-0.05, 0) is 70.4 Å². The Morgan fingerprint density at radius 3 is 1.97 bits per heavy atom. The van der Waals surface area contributed by atoms with E-state index in [0.717, 1.165) is 11.0 Å². The zero-order valence-corrected chi connectivity index (χ0v) is 34.8. The molecule has 0 spiro atoms. The molecule has 63 heavy (non-hydrogen) atoms. The van der Waals surface area contributed by atoms with Crippen molar-refractivity contribution in [2.75, 3.05) is 19.8 Å². The molecule has 0 bridgehead atoms. The van der Waals surface area contributed by atoms with Crippen molar-refractivity contribution in [2.45, 2.75) is 94.7 Å². The second-order valence-corrected chi connectivity index (χ2v) is 16.0. The molecule has 1 unspecified atom stereocenters. The number of allylic oxidation sites excluding steroid dienone is 1. The molecule has 2 saturated heterocycles. The number of carboxylic acids is 2. The lowest BCUT2D eigenvalue weighted by molar-refractivity contribution is -0.142. The van der Waals surface area contributed by atoms with Crippen molar-refractivity contribution in [1.29, 1.82) is 0 Å². The molecule has 4 heterocycles. The lowest BCUT2D eigenvalue weighted by Gasteiger charge is -2.26. The number of aromatic nitrogens is 4. The normalized spacial score (nSPS) is 21.3. The van der Waals surface area contributed by atoms with Crippen LogP contribution in [0.25, 0.3) is 22.1 Å². The molecule has 2 aromatic heterocycles. The first-order valence-electron chi connectivity index (χ1n) is 19.4. The maximum Gasteiger partial charge on any atom is 0.508 e. The van der Waals surface area contributed by atoms with E-state index in [2.05, 4.69) is 29.4 Å². The van der Waals surface area contributed by atoms with Gasteiger partial charge in [0.05, 0.1) is 53.7 Å². The molecular weight excluding hydrogens is 866 g/mol. The van der Waals surface area contributed by atoms with Crippen molar-refractivity contribution in [3.05, 3.63) is 77.2 Å². The summed E-state index contributed by atoms with van der Waals surface area (Å²) >= 11 is 5.81. The highest BCUT2D eigenvalue weighted by Crippen LogP contribution is 2.39. The summed E-state index contributed by atoms with van der Waals surface area (Å²) in [5, 5.41) is 35.4. The van der Waals surface area contributed by atoms with Gasteiger partial charge in [0.25, 0.3) is 5.92 Å². The molecule has 1 amide bonds. The first kappa shape index (κ1) is 48.1. The summed E-state index contributed by atoms with van der Waals surface area (Å²) in [5.74, 6) is -9.82. The summed E-state index contributed by atoms with van der Waals surface area (Å²) in [6, 6.07) is 11.7. The summed E-state index contributed by atoms with van der Waals surface area (Å²) in [4.78, 5) is 62.2. The van der Waals surface area contributed by atoms with Gasteiger partial charge in [-0.3, -0.25) is 9.69 Å². The number of rotatable bonds is 10. The van der Waals surface area contributed by atoms with Crippen molar-refractivity contribution in [2.24, 2.45) is 5.92 Å². The SMILES string of the molecule is CC(C)(C)OC(=O)N1C[C@H](Oc2nc3ccccc3nc2C(F)(F)/C=C/CO)C[C@H]1C(=O)O.O=C(O)[C@H]1CC[C@H](O)C1.O=C1OCC(CC(F)(F)c2nc3ccccc3nc2Cl)O1. The highest BCUT2D eigenvalue weighted by Gasteiger charge is 2.45. The van der Waals surface area contributed by atoms with E-state index in [1.807, 2.05) is 0 Å². The molecule has 5 atom stereocenters. The Morgan fingerprint density at radius 2 is 1.48 bits per heavy atom. The van der Waals surface area contributed by atoms with Gasteiger partial charge < -0.3 is 39.4 Å². The van der Waals surface area contributed by atoms with Crippen molar-refractivity contribution < 1.29 is 76.1 Å². The molecule has 7 rings (SSSR count). The molecule has 1 saturated carbocycles. The fraction of sp³-hybridized carbons (Fsp3) is 0.463. The second kappa shape index (κ2) is 20.1. The number of halogens is 5. The van der Waals surface area contributed by atoms with Gasteiger partial charge in [-0.25, -0.2) is 34.3 Å². The summed E-state index contributed by atoms with van der Waals surface area (Å²) < 4.78 is 78.3. The fourth-order valence-electron chi connectivity index (χ4n) is 6.60. The first-order chi connectivity index (χ1) is 29.6. The average molecular weight is 910 g/mol. The van der Waals surface area contributed by atoms with Crippen LogP contribution in [0.3, 0.4) is 0 Å². The van der Waals surface area contributed by atoms with Crippen LogP contribution in [0.1, 0.15) is 64.3 Å². The summed E-state index contributed by atoms with van der Waals surface area (Å²) in [6.07, 6.45) is -1.96. The molecule has 340 valence electrons. The molecule has 4 N–H and O–H groups in total. The number of fused-ring (bicyclic) bond motifs is 2. The zero-order valence-electron chi connectivity index (χ0n) is 34.0. The number of hydrogen-bond acceptors (Lipinski definition) is 14. The van der Waals surface area contributed by atoms with Gasteiger partial charge in [0.15, 0.2) is 10.8 Å². The number of likely N-dealkylation sites (tertiary alicyclic amines) is 1. The number of nitrogens with zero attached hydrogens (tertiary/aromatic N) is 5. The number of amides is 1. The van der Waals surface area contributed by atoms with Crippen LogP contribution >= 0.6 is 11.6 Å². The minimum absolute atomic E-state index is 0.152. The van der Waals surface area contributed by atoms with Gasteiger partial charge in [0.2, 0.25) is 5.88 Å². The van der Waals surface area contributed by atoms with Gasteiger partial charge in [0, 0.05) is 6.42 Å². The standard InChI is InChI=1S/C22H25F2N3O6.C13H9ClF2N2O3.C6H10O3/c1-21(2,3)33-20(31)27-12-13(11-16(27)19(29)30)32-18-17(22(23,24)9-6-10-28)25-14-7-4-5-8-15(14)26-18;14-11-10(17-8-3-1-2-4-9(8)18-11)13(15,16)5-7-6-20-12(19)21-7;7-5-2-1-4(3-5)6(8)9/h4-9,13,16,28H,10-12H2,1-3H3,(H,29,30);1-4,7H,5-6H2;4-5,7H,1-3H2,(H,8,9)/b9-6+;;/t13-,16+;;4-,5-/m1.0/s1. The molecule has 3 fully saturated rings. The van der Waals surface area contributed by atoms with Crippen LogP contribution in [0.4, 0.5) is 27.2 Å². The lowest BCUT2D eigenvalue weighted by Crippen LogP contribution is -2.43. The van der Waals surface area contributed by atoms with Crippen LogP contribution in [0, 0.1) is 5.92 Å². The number of cyclic esters (lactones) is 2. The Morgan fingerprint density at radius 1 is 0.889 bits per heavy atom. The predicted octanol–water partition coefficient (Wildman–Crippen LogP) is 6.64. The molecule has 2 aromatic carbocycles. The molecule has 17 nitrogen and oxygen atoms in total. The van der Waals surface area contributed by atoms with Gasteiger partial charge >= 0.3 is 30.1 Å². The Hall–Kier alpha value is -5.93. The lowest BCUT2D eigenvalue weighted by atomic mass is 10.1. The van der Waals surface area contributed by atoms with Crippen LogP contribution in [0.2, 0.25) is 5.15 Å². The average Bonchev–Trinajstić information content (AvgIpc) is 3.96. The number of alkyl halides is 4. The number of aliphatic carboxylic acids is 2. The van der Waals surface area contributed by atoms with Gasteiger partial charge in [-0.2, -0.15) is 17.6 Å². The molecular formula is C41H44ClF4N5O12. The van der Waals surface area contributed by atoms with Gasteiger partial charge in [0.1, 0.15) is 36.2 Å². The topological polar surface area (TPSA) is 241 Å². The van der Waals surface area contributed by atoms with Crippen LogP contribution in [-0.2, 0) is 35.6 Å². The summed E-state index contributed by atoms with van der Waals surface area (Å²) in [5.41, 5.74) is -1.01. The Balaban J connectivity index is 0.000000210. The number of ether oxygens (including phenoxy) is 4. The van der Waals surface area contributed by atoms with Crippen molar-refractivity contribution in [3.63, 3.8) is 0 Å². The number of aliphatic hydroxyl groups is 2. The van der Waals surface area contributed by atoms with Crippen molar-refractivity contribution in [3.8, 4) is 5.88 Å². The minimum atomic E-state index is -3.62. The Kier molecular flexibility index (Phi) is 15.3. The first-order valence-corrected chi connectivity index (χ1v) is 19.8. The van der Waals surface area contributed by atoms with Crippen molar-refractivity contribution >= 4 is 57.9 Å². The third kappa shape index (κ3) is 12.8. The van der Waals surface area contributed by atoms with E-state index in [0.29, 0.717) is 41.9 Å². The maximum absolute atomic E-state index is 14.8. The number of benzene rings is 2. The van der Waals surface area contributed by atoms with E-state index in [9.17, 15) is 41.8 Å². The quantitative estimate of drug-likeness (QED) is 0.0740. The van der Waals surface area contributed by atoms with Crippen LogP contribution in [-0.4, -0.2) is 119 Å². The summed E-state index contributed by atoms with van der Waals surface area (Å²) in [7, 11) is 0. The van der Waals surface area contributed by atoms with Crippen LogP contribution in [0.5, 0.6) is 5.88 Å². The fourth-order valence-corrected chi connectivity index (χ4v) is 6.87. The molecule has 1 aliphatic carbocycles. The van der Waals surface area contributed by atoms with E-state index in [1.54, 1.807) is 63.2 Å². The molecule has 2 aliphatic heterocycles. The van der Waals surface area contributed by atoms with Crippen LogP contribution < -0.4 is 4.74 Å². The predicted molar refractivity (Wildman–Crippen MR) is 213 cm³/mol.